The summed E-state index contributed by atoms with van der Waals surface area (Å²) >= 11 is 0. The van der Waals surface area contributed by atoms with Crippen LogP contribution in [0, 0.1) is 0 Å². The van der Waals surface area contributed by atoms with E-state index in [2.05, 4.69) is 111 Å². The third-order valence-corrected chi connectivity index (χ3v) is 12.3. The van der Waals surface area contributed by atoms with E-state index in [-0.39, 0.29) is 26.1 Å². The third-order valence-electron chi connectivity index (χ3n) is 11.3. The highest BCUT2D eigenvalue weighted by molar-refractivity contribution is 7.45. The Hall–Kier alpha value is -3.07. The zero-order chi connectivity index (χ0) is 50.6. The summed E-state index contributed by atoms with van der Waals surface area (Å²) in [5.74, 6) is -0.856. The summed E-state index contributed by atoms with van der Waals surface area (Å²) in [6.45, 7) is 4.05. The first-order valence-corrected chi connectivity index (χ1v) is 28.9. The second-order valence-electron chi connectivity index (χ2n) is 19.2. The largest absolute Gasteiger partial charge is 0.756 e. The van der Waals surface area contributed by atoms with Gasteiger partial charge in [-0.25, -0.2) is 0 Å². The molecule has 0 N–H and O–H groups in total. The van der Waals surface area contributed by atoms with Gasteiger partial charge in [0, 0.05) is 12.8 Å². The quantitative estimate of drug-likeness (QED) is 0.0195. The van der Waals surface area contributed by atoms with Gasteiger partial charge >= 0.3 is 11.9 Å². The van der Waals surface area contributed by atoms with Crippen molar-refractivity contribution >= 4 is 19.8 Å². The number of likely N-dealkylation sites (N-methyl/N-ethyl adjacent to an activating group) is 1. The first-order valence-electron chi connectivity index (χ1n) is 27.4. The number of nitrogens with zero attached hydrogens (tertiary/aromatic N) is 1. The molecular formula is C59H102NO8P. The predicted octanol–water partition coefficient (Wildman–Crippen LogP) is 16.2. The molecule has 0 heterocycles. The fourth-order valence-corrected chi connectivity index (χ4v) is 7.82. The lowest BCUT2D eigenvalue weighted by atomic mass is 10.0. The summed E-state index contributed by atoms with van der Waals surface area (Å²) in [6.07, 6.45) is 67.3. The van der Waals surface area contributed by atoms with Gasteiger partial charge in [0.2, 0.25) is 0 Å². The van der Waals surface area contributed by atoms with Gasteiger partial charge in [-0.05, 0) is 89.9 Å². The minimum atomic E-state index is -4.64. The topological polar surface area (TPSA) is 111 Å². The first-order chi connectivity index (χ1) is 33.5. The maximum atomic E-state index is 12.8. The zero-order valence-corrected chi connectivity index (χ0v) is 45.6. The number of carbonyl (C=O) groups excluding carboxylic acids is 2. The van der Waals surface area contributed by atoms with Gasteiger partial charge in [0.05, 0.1) is 27.7 Å². The van der Waals surface area contributed by atoms with Crippen molar-refractivity contribution in [2.24, 2.45) is 0 Å². The van der Waals surface area contributed by atoms with E-state index < -0.39 is 32.5 Å². The number of unbranched alkanes of at least 4 members (excludes halogenated alkanes) is 19. The van der Waals surface area contributed by atoms with Gasteiger partial charge in [0.1, 0.15) is 19.8 Å². The molecule has 0 aliphatic heterocycles. The van der Waals surface area contributed by atoms with Crippen LogP contribution >= 0.6 is 7.82 Å². The number of quaternary nitrogens is 1. The Balaban J connectivity index is 4.15. The van der Waals surface area contributed by atoms with Crippen molar-refractivity contribution in [3.05, 3.63) is 97.2 Å². The van der Waals surface area contributed by atoms with E-state index in [1.165, 1.54) is 70.6 Å². The van der Waals surface area contributed by atoms with E-state index in [4.69, 9.17) is 18.5 Å². The van der Waals surface area contributed by atoms with Gasteiger partial charge in [-0.3, -0.25) is 14.2 Å². The van der Waals surface area contributed by atoms with E-state index in [1.54, 1.807) is 0 Å². The van der Waals surface area contributed by atoms with E-state index in [1.807, 2.05) is 21.1 Å². The molecule has 0 spiro atoms. The Labute approximate surface area is 423 Å². The van der Waals surface area contributed by atoms with Crippen molar-refractivity contribution in [3.8, 4) is 0 Å². The number of hydrogen-bond acceptors (Lipinski definition) is 8. The van der Waals surface area contributed by atoms with Crippen LogP contribution in [0.25, 0.3) is 0 Å². The highest BCUT2D eigenvalue weighted by Crippen LogP contribution is 2.38. The van der Waals surface area contributed by atoms with Crippen LogP contribution in [0.4, 0.5) is 0 Å². The van der Waals surface area contributed by atoms with Crippen LogP contribution in [0.5, 0.6) is 0 Å². The van der Waals surface area contributed by atoms with Crippen LogP contribution in [0.2, 0.25) is 0 Å². The Kier molecular flexibility index (Phi) is 47.7. The van der Waals surface area contributed by atoms with Gasteiger partial charge in [0.25, 0.3) is 7.82 Å². The maximum Gasteiger partial charge on any atom is 0.306 e. The van der Waals surface area contributed by atoms with E-state index >= 15 is 0 Å². The van der Waals surface area contributed by atoms with Crippen LogP contribution in [-0.4, -0.2) is 70.0 Å². The second-order valence-corrected chi connectivity index (χ2v) is 20.6. The van der Waals surface area contributed by atoms with Crippen LogP contribution < -0.4 is 4.89 Å². The highest BCUT2D eigenvalue weighted by Gasteiger charge is 2.21. The Morgan fingerprint density at radius 1 is 0.464 bits per heavy atom. The Bertz CT molecular complexity index is 1490. The van der Waals surface area contributed by atoms with Crippen LogP contribution in [-0.2, 0) is 32.7 Å². The molecule has 0 saturated heterocycles. The van der Waals surface area contributed by atoms with Crippen LogP contribution in [0.1, 0.15) is 213 Å². The summed E-state index contributed by atoms with van der Waals surface area (Å²) in [4.78, 5) is 37.7. The van der Waals surface area contributed by atoms with E-state index in [0.29, 0.717) is 23.9 Å². The highest BCUT2D eigenvalue weighted by atomic mass is 31.2. The van der Waals surface area contributed by atoms with Crippen molar-refractivity contribution in [1.82, 2.24) is 0 Å². The molecule has 0 aliphatic carbocycles. The molecule has 0 fully saturated rings. The summed E-state index contributed by atoms with van der Waals surface area (Å²) < 4.78 is 34.0. The summed E-state index contributed by atoms with van der Waals surface area (Å²) in [6, 6.07) is 0. The molecule has 0 radical (unpaired) electrons. The minimum absolute atomic E-state index is 0.0376. The molecule has 396 valence electrons. The Morgan fingerprint density at radius 3 is 1.23 bits per heavy atom. The van der Waals surface area contributed by atoms with Crippen molar-refractivity contribution in [2.75, 3.05) is 47.5 Å². The molecule has 10 heteroatoms. The zero-order valence-electron chi connectivity index (χ0n) is 44.7. The first kappa shape index (κ1) is 65.9. The predicted molar refractivity (Wildman–Crippen MR) is 291 cm³/mol. The molecule has 0 bridgehead atoms. The lowest BCUT2D eigenvalue weighted by molar-refractivity contribution is -0.870. The molecule has 0 aliphatic rings. The number of phosphoric ester groups is 1. The number of hydrogen-bond donors (Lipinski definition) is 0. The molecular weight excluding hydrogens is 882 g/mol. The lowest BCUT2D eigenvalue weighted by Crippen LogP contribution is -2.37. The van der Waals surface area contributed by atoms with Gasteiger partial charge in [-0.15, -0.1) is 0 Å². The van der Waals surface area contributed by atoms with Gasteiger partial charge in [-0.2, -0.15) is 0 Å². The molecule has 0 aromatic carbocycles. The third kappa shape index (κ3) is 54.1. The van der Waals surface area contributed by atoms with E-state index in [9.17, 15) is 19.0 Å². The molecule has 2 atom stereocenters. The van der Waals surface area contributed by atoms with Crippen molar-refractivity contribution in [3.63, 3.8) is 0 Å². The number of esters is 2. The average molecular weight is 984 g/mol. The SMILES string of the molecule is CC/C=C\C/C=C\C/C=C\C/C=C\C/C=C\C/C=C\CCCCCCCCCCCCCCC(=O)OC(COC(=O)CCCCCCC/C=C\C/C=C\CCCC)COP(=O)([O-])OCC[N+](C)(C)C. The van der Waals surface area contributed by atoms with Crippen LogP contribution in [0.15, 0.2) is 97.2 Å². The normalized spacial score (nSPS) is 14.1. The molecule has 0 amide bonds. The van der Waals surface area contributed by atoms with Crippen LogP contribution in [0.3, 0.4) is 0 Å². The smallest absolute Gasteiger partial charge is 0.306 e. The summed E-state index contributed by atoms with van der Waals surface area (Å²) in [5.41, 5.74) is 0. The minimum Gasteiger partial charge on any atom is -0.756 e. The fourth-order valence-electron chi connectivity index (χ4n) is 7.09. The summed E-state index contributed by atoms with van der Waals surface area (Å²) in [5, 5.41) is 0. The van der Waals surface area contributed by atoms with Gasteiger partial charge < -0.3 is 27.9 Å². The van der Waals surface area contributed by atoms with Crippen molar-refractivity contribution in [1.29, 1.82) is 0 Å². The number of rotatable bonds is 49. The average Bonchev–Trinajstić information content (AvgIpc) is 3.31. The lowest BCUT2D eigenvalue weighted by Gasteiger charge is -2.28. The van der Waals surface area contributed by atoms with E-state index in [0.717, 1.165) is 103 Å². The number of ether oxygens (including phenoxy) is 2. The molecule has 69 heavy (non-hydrogen) atoms. The number of phosphoric acid groups is 1. The van der Waals surface area contributed by atoms with Gasteiger partial charge in [-0.1, -0.05) is 207 Å². The number of allylic oxidation sites excluding steroid dienone is 16. The Morgan fingerprint density at radius 2 is 0.826 bits per heavy atom. The molecule has 0 saturated carbocycles. The maximum absolute atomic E-state index is 12.8. The van der Waals surface area contributed by atoms with Crippen molar-refractivity contribution in [2.45, 2.75) is 219 Å². The number of carbonyl (C=O) groups is 2. The fraction of sp³-hybridized carbons (Fsp3) is 0.695. The van der Waals surface area contributed by atoms with Gasteiger partial charge in [0.15, 0.2) is 6.10 Å². The monoisotopic (exact) mass is 984 g/mol. The second kappa shape index (κ2) is 49.9. The molecule has 0 aromatic rings. The molecule has 0 aromatic heterocycles. The standard InChI is InChI=1S/C59H102NO8P/c1-6-8-10-12-14-16-18-20-22-23-24-25-26-27-28-29-30-31-32-33-34-35-36-37-38-40-42-44-46-48-50-52-59(62)68-57(56-67-69(63,64)66-54-53-60(3,4)5)55-65-58(61)51-49-47-45-43-41-39-21-19-17-15-13-11-9-7-2/h8,10,13-16,19-22,24-25,27-28,30-31,57H,6-7,9,11-12,17-18,23,26,29,32-56H2,1-5H3/b10-8-,15-13-,16-14-,21-19-,22-20-,25-24-,28-27-,31-30-. The molecule has 2 unspecified atom stereocenters. The molecule has 9 nitrogen and oxygen atoms in total. The summed E-state index contributed by atoms with van der Waals surface area (Å²) in [7, 11) is 1.15. The van der Waals surface area contributed by atoms with Crippen molar-refractivity contribution < 1.29 is 42.1 Å². The molecule has 0 rings (SSSR count).